The summed E-state index contributed by atoms with van der Waals surface area (Å²) < 4.78 is 0. The van der Waals surface area contributed by atoms with E-state index in [9.17, 15) is 0 Å². The van der Waals surface area contributed by atoms with E-state index in [1.54, 1.807) is 24.3 Å². The van der Waals surface area contributed by atoms with Gasteiger partial charge in [0, 0.05) is 33.5 Å². The number of nitrogens with one attached hydrogen (secondary N) is 1. The van der Waals surface area contributed by atoms with Crippen molar-refractivity contribution in [2.75, 3.05) is 0 Å². The first-order valence-corrected chi connectivity index (χ1v) is 2.63. The number of hydrogen-bond acceptors (Lipinski definition) is 2. The minimum Gasteiger partial charge on any atom is -0.507 e. The van der Waals surface area contributed by atoms with Crippen molar-refractivity contribution in [2.45, 2.75) is 0 Å². The molecule has 0 aliphatic heterocycles. The van der Waals surface area contributed by atoms with Crippen LogP contribution in [-0.4, -0.2) is 11.3 Å². The van der Waals surface area contributed by atoms with E-state index in [2.05, 4.69) is 0 Å². The zero-order valence-corrected chi connectivity index (χ0v) is 6.90. The summed E-state index contributed by atoms with van der Waals surface area (Å²) >= 11 is 0. The van der Waals surface area contributed by atoms with E-state index in [4.69, 9.17) is 10.5 Å². The van der Waals surface area contributed by atoms with Gasteiger partial charge in [0.15, 0.2) is 0 Å². The molecule has 0 fully saturated rings. The summed E-state index contributed by atoms with van der Waals surface area (Å²) in [4.78, 5) is 0. The maximum atomic E-state index is 8.96. The molecule has 2 N–H and O–H groups in total. The third-order valence-corrected chi connectivity index (χ3v) is 1.09. The van der Waals surface area contributed by atoms with Crippen LogP contribution in [0.4, 0.5) is 0 Å². The molecule has 0 saturated heterocycles. The summed E-state index contributed by atoms with van der Waals surface area (Å²) in [5.74, 6) is 0.160. The Morgan fingerprint density at radius 3 is 2.30 bits per heavy atom. The number of aromatic hydroxyl groups is 1. The third kappa shape index (κ3) is 1.97. The standard InChI is InChI=1S/C7H7NO.Ti/c8-5-6-3-1-2-4-7(6)9;/h1-5,8-9H;. The SMILES string of the molecule is N=Cc1ccccc1O.[Ti]. The number of phenolic OH excluding ortho intramolecular Hbond substituents is 1. The molecule has 0 amide bonds. The average molecular weight is 169 g/mol. The molecule has 10 heavy (non-hydrogen) atoms. The van der Waals surface area contributed by atoms with Gasteiger partial charge in [-0.05, 0) is 12.1 Å². The van der Waals surface area contributed by atoms with Gasteiger partial charge in [-0.2, -0.15) is 0 Å². The molecular formula is C7H7NOTi. The Morgan fingerprint density at radius 1 is 1.30 bits per heavy atom. The van der Waals surface area contributed by atoms with Crippen LogP contribution >= 0.6 is 0 Å². The van der Waals surface area contributed by atoms with Crippen molar-refractivity contribution in [3.8, 4) is 5.75 Å². The van der Waals surface area contributed by atoms with Gasteiger partial charge in [-0.25, -0.2) is 0 Å². The van der Waals surface area contributed by atoms with Crippen LogP contribution in [0.3, 0.4) is 0 Å². The molecule has 3 heteroatoms. The Balaban J connectivity index is 0.000000810. The molecule has 0 spiro atoms. The molecule has 0 aliphatic rings. The Kier molecular flexibility index (Phi) is 4.00. The van der Waals surface area contributed by atoms with Crippen LogP contribution in [0.5, 0.6) is 5.75 Å². The van der Waals surface area contributed by atoms with Crippen molar-refractivity contribution in [2.24, 2.45) is 0 Å². The number of benzene rings is 1. The van der Waals surface area contributed by atoms with Crippen molar-refractivity contribution in [3.05, 3.63) is 29.8 Å². The van der Waals surface area contributed by atoms with Crippen LogP contribution in [0.2, 0.25) is 0 Å². The smallest absolute Gasteiger partial charge is 0.124 e. The van der Waals surface area contributed by atoms with Crippen molar-refractivity contribution >= 4 is 6.21 Å². The second-order valence-corrected chi connectivity index (χ2v) is 1.70. The van der Waals surface area contributed by atoms with E-state index in [1.807, 2.05) is 0 Å². The molecule has 0 saturated carbocycles. The van der Waals surface area contributed by atoms with E-state index in [1.165, 1.54) is 0 Å². The summed E-state index contributed by atoms with van der Waals surface area (Å²) in [6, 6.07) is 6.74. The molecule has 0 atom stereocenters. The van der Waals surface area contributed by atoms with Gasteiger partial charge in [-0.15, -0.1) is 0 Å². The summed E-state index contributed by atoms with van der Waals surface area (Å²) in [5, 5.41) is 15.8. The molecule has 0 radical (unpaired) electrons. The molecule has 50 valence electrons. The fourth-order valence-corrected chi connectivity index (χ4v) is 0.610. The maximum absolute atomic E-state index is 8.96. The fraction of sp³-hybridized carbons (Fsp3) is 0. The van der Waals surface area contributed by atoms with Crippen LogP contribution in [0.15, 0.2) is 24.3 Å². The van der Waals surface area contributed by atoms with Gasteiger partial charge in [0.1, 0.15) is 5.75 Å². The topological polar surface area (TPSA) is 44.1 Å². The molecule has 0 heterocycles. The molecule has 1 aromatic rings. The van der Waals surface area contributed by atoms with Crippen LogP contribution < -0.4 is 0 Å². The maximum Gasteiger partial charge on any atom is 0.124 e. The molecule has 0 unspecified atom stereocenters. The van der Waals surface area contributed by atoms with Crippen LogP contribution in [-0.2, 0) is 21.7 Å². The fourth-order valence-electron chi connectivity index (χ4n) is 0.610. The number of rotatable bonds is 1. The first kappa shape index (κ1) is 9.40. The second-order valence-electron chi connectivity index (χ2n) is 1.70. The largest absolute Gasteiger partial charge is 0.507 e. The molecule has 1 aromatic carbocycles. The van der Waals surface area contributed by atoms with Gasteiger partial charge in [0.05, 0.1) is 0 Å². The summed E-state index contributed by atoms with van der Waals surface area (Å²) in [7, 11) is 0. The summed E-state index contributed by atoms with van der Waals surface area (Å²) in [6.07, 6.45) is 1.12. The zero-order chi connectivity index (χ0) is 6.69. The predicted octanol–water partition coefficient (Wildman–Crippen LogP) is 1.39. The van der Waals surface area contributed by atoms with Gasteiger partial charge in [0.2, 0.25) is 0 Å². The predicted molar refractivity (Wildman–Crippen MR) is 36.0 cm³/mol. The first-order chi connectivity index (χ1) is 4.34. The first-order valence-electron chi connectivity index (χ1n) is 2.63. The van der Waals surface area contributed by atoms with Gasteiger partial charge < -0.3 is 10.5 Å². The number of para-hydroxylation sites is 1. The summed E-state index contributed by atoms with van der Waals surface area (Å²) in [5.41, 5.74) is 0.553. The number of phenols is 1. The van der Waals surface area contributed by atoms with Crippen LogP contribution in [0.25, 0.3) is 0 Å². The van der Waals surface area contributed by atoms with Crippen LogP contribution in [0, 0.1) is 5.41 Å². The molecule has 0 aliphatic carbocycles. The minimum atomic E-state index is 0. The molecule has 2 nitrogen and oxygen atoms in total. The Bertz CT molecular complexity index is 225. The molecule has 0 aromatic heterocycles. The van der Waals surface area contributed by atoms with E-state index >= 15 is 0 Å². The summed E-state index contributed by atoms with van der Waals surface area (Å²) in [6.45, 7) is 0. The van der Waals surface area contributed by atoms with Gasteiger partial charge in [-0.1, -0.05) is 12.1 Å². The normalized spacial score (nSPS) is 8.00. The van der Waals surface area contributed by atoms with Crippen molar-refractivity contribution in [1.29, 1.82) is 5.41 Å². The molecule has 0 bridgehead atoms. The van der Waals surface area contributed by atoms with E-state index in [0.717, 1.165) is 6.21 Å². The minimum absolute atomic E-state index is 0. The van der Waals surface area contributed by atoms with Gasteiger partial charge >= 0.3 is 0 Å². The number of hydrogen-bond donors (Lipinski definition) is 2. The zero-order valence-electron chi connectivity index (χ0n) is 5.33. The Labute approximate surface area is 74.3 Å². The second kappa shape index (κ2) is 4.26. The van der Waals surface area contributed by atoms with E-state index < -0.39 is 0 Å². The van der Waals surface area contributed by atoms with Crippen molar-refractivity contribution < 1.29 is 26.8 Å². The van der Waals surface area contributed by atoms with Crippen molar-refractivity contribution in [3.63, 3.8) is 0 Å². The Hall–Kier alpha value is -0.596. The van der Waals surface area contributed by atoms with E-state index in [0.29, 0.717) is 5.56 Å². The molecule has 1 rings (SSSR count). The third-order valence-electron chi connectivity index (χ3n) is 1.09. The van der Waals surface area contributed by atoms with Crippen LogP contribution in [0.1, 0.15) is 5.56 Å². The van der Waals surface area contributed by atoms with Gasteiger partial charge in [0.25, 0.3) is 0 Å². The molecular weight excluding hydrogens is 162 g/mol. The van der Waals surface area contributed by atoms with Crippen molar-refractivity contribution in [1.82, 2.24) is 0 Å². The van der Waals surface area contributed by atoms with E-state index in [-0.39, 0.29) is 27.5 Å². The Morgan fingerprint density at radius 2 is 1.90 bits per heavy atom. The average Bonchev–Trinajstić information content (AvgIpc) is 1.89. The quantitative estimate of drug-likeness (QED) is 0.484. The van der Waals surface area contributed by atoms with Gasteiger partial charge in [-0.3, -0.25) is 0 Å². The monoisotopic (exact) mass is 169 g/mol.